The fraction of sp³-hybridized carbons (Fsp3) is 0.727. The van der Waals surface area contributed by atoms with Crippen LogP contribution in [0.2, 0.25) is 0 Å². The Kier molecular flexibility index (Phi) is 18.9. The third-order valence-corrected chi connectivity index (χ3v) is 12.4. The maximum absolute atomic E-state index is 13.6. The Bertz CT molecular complexity index is 2140. The van der Waals surface area contributed by atoms with Crippen LogP contribution >= 0.6 is 0 Å². The van der Waals surface area contributed by atoms with Gasteiger partial charge in [0.15, 0.2) is 6.29 Å². The van der Waals surface area contributed by atoms with Crippen LogP contribution in [0.3, 0.4) is 0 Å². The third-order valence-electron chi connectivity index (χ3n) is 11.0. The van der Waals surface area contributed by atoms with Gasteiger partial charge in [-0.3, -0.25) is 10.1 Å². The topological polar surface area (TPSA) is 348 Å². The average Bonchev–Trinajstić information content (AvgIpc) is 3.19. The van der Waals surface area contributed by atoms with Gasteiger partial charge in [0.25, 0.3) is 5.69 Å². The van der Waals surface area contributed by atoms with E-state index in [9.17, 15) is 53.0 Å². The molecular weight excluding hydrogens is 947 g/mol. The number of hydrogen-bond acceptors (Lipinski definition) is 19. The number of benzene rings is 1. The molecule has 1 aliphatic carbocycles. The Morgan fingerprint density at radius 2 is 1.47 bits per heavy atom. The van der Waals surface area contributed by atoms with Crippen molar-refractivity contribution in [3.8, 4) is 0 Å². The van der Waals surface area contributed by atoms with Crippen molar-refractivity contribution < 1.29 is 81.0 Å². The Hall–Kier alpha value is -5.09. The predicted molar refractivity (Wildman–Crippen MR) is 248 cm³/mol. The maximum Gasteiger partial charge on any atom is 0.410 e. The van der Waals surface area contributed by atoms with Crippen molar-refractivity contribution in [2.24, 2.45) is 11.7 Å². The number of carbonyl (C=O) groups is 4. The highest BCUT2D eigenvalue weighted by molar-refractivity contribution is 7.89. The van der Waals surface area contributed by atoms with Gasteiger partial charge in [0.05, 0.1) is 48.1 Å². The summed E-state index contributed by atoms with van der Waals surface area (Å²) in [7, 11) is -2.96. The van der Waals surface area contributed by atoms with E-state index < -0.39 is 135 Å². The first-order valence-corrected chi connectivity index (χ1v) is 24.3. The molecule has 4 amide bonds. The van der Waals surface area contributed by atoms with Crippen molar-refractivity contribution in [1.29, 1.82) is 0 Å². The number of nitrogens with two attached hydrogens (primary N) is 1. The number of rotatable bonds is 15. The summed E-state index contributed by atoms with van der Waals surface area (Å²) in [6.45, 7) is 14.6. The van der Waals surface area contributed by atoms with Crippen LogP contribution in [0.25, 0.3) is 0 Å². The van der Waals surface area contributed by atoms with Crippen LogP contribution in [0.15, 0.2) is 36.1 Å². The van der Waals surface area contributed by atoms with E-state index in [2.05, 4.69) is 20.7 Å². The van der Waals surface area contributed by atoms with Crippen LogP contribution in [-0.2, 0) is 49.8 Å². The Morgan fingerprint density at radius 3 is 2.01 bits per heavy atom. The minimum absolute atomic E-state index is 0.0164. The number of nitrogens with one attached hydrogen (secondary N) is 4. The number of non-ortho nitro benzene ring substituents is 1. The number of ether oxygens (including phenoxy) is 7. The van der Waals surface area contributed by atoms with E-state index in [-0.39, 0.29) is 44.0 Å². The van der Waals surface area contributed by atoms with Gasteiger partial charge in [-0.05, 0) is 106 Å². The summed E-state index contributed by atoms with van der Waals surface area (Å²) < 4.78 is 70.1. The molecule has 25 nitrogen and oxygen atoms in total. The molecule has 0 spiro atoms. The minimum atomic E-state index is -4.25. The van der Waals surface area contributed by atoms with E-state index in [1.807, 2.05) is 0 Å². The molecule has 2 fully saturated rings. The highest BCUT2D eigenvalue weighted by Gasteiger charge is 2.57. The van der Waals surface area contributed by atoms with Gasteiger partial charge in [-0.2, -0.15) is 0 Å². The molecule has 11 atom stereocenters. The zero-order valence-electron chi connectivity index (χ0n) is 41.5. The smallest absolute Gasteiger partial charge is 0.410 e. The number of alkyl carbamates (subject to hydrolysis) is 3. The normalized spacial score (nSPS) is 28.5. The molecule has 1 aromatic rings. The monoisotopic (exact) mass is 1020 g/mol. The number of carbonyl (C=O) groups excluding carboxylic acids is 4. The van der Waals surface area contributed by atoms with Gasteiger partial charge in [-0.15, -0.1) is 0 Å². The van der Waals surface area contributed by atoms with E-state index in [1.54, 1.807) is 68.4 Å². The molecule has 26 heteroatoms. The summed E-state index contributed by atoms with van der Waals surface area (Å²) in [6, 6.07) is 0.178. The van der Waals surface area contributed by atoms with Crippen molar-refractivity contribution in [2.45, 2.75) is 166 Å². The number of nitrogens with zero attached hydrogens (tertiary/aromatic N) is 2. The van der Waals surface area contributed by atoms with Crippen molar-refractivity contribution in [2.75, 3.05) is 32.5 Å². The van der Waals surface area contributed by atoms with E-state index in [0.29, 0.717) is 5.56 Å². The molecule has 2 heterocycles. The number of aliphatic hydroxyl groups excluding tert-OH is 2. The Labute approximate surface area is 407 Å². The zero-order valence-corrected chi connectivity index (χ0v) is 42.3. The SMILES string of the molecule is CN(C(=O)OC(C)(C)C)[C@@H]1[C@@H](O)[C@@H](O[C@@H]2[C@@H](O)[C@H](C3OC(CNC(=O)OCc4ccc([N+](=O)[O-])cc4)=CC[C@H]3NC(=O)OC(C)(C)C)[C@@H](NC(=O)OC(C)(C)C)C[C@H]2NS(=O)(=O)CCN)OC[C@]1(C)O. The van der Waals surface area contributed by atoms with Crippen molar-refractivity contribution in [3.63, 3.8) is 0 Å². The largest absolute Gasteiger partial charge is 0.491 e. The summed E-state index contributed by atoms with van der Waals surface area (Å²) in [6.07, 6.45) is -11.0. The molecule has 0 bridgehead atoms. The molecule has 0 aromatic heterocycles. The van der Waals surface area contributed by atoms with E-state index >= 15 is 0 Å². The number of hydrogen-bond donors (Lipinski definition) is 8. The number of nitro benzene ring substituents is 1. The van der Waals surface area contributed by atoms with Crippen LogP contribution < -0.4 is 26.4 Å². The molecule has 1 aromatic carbocycles. The highest BCUT2D eigenvalue weighted by atomic mass is 32.2. The molecule has 9 N–H and O–H groups in total. The van der Waals surface area contributed by atoms with Crippen molar-refractivity contribution in [3.05, 3.63) is 51.8 Å². The molecule has 1 unspecified atom stereocenters. The van der Waals surface area contributed by atoms with Gasteiger partial charge in [0.1, 0.15) is 53.1 Å². The lowest BCUT2D eigenvalue weighted by Gasteiger charge is -2.52. The molecule has 3 aliphatic rings. The number of nitro groups is 1. The fourth-order valence-electron chi connectivity index (χ4n) is 8.18. The number of sulfonamides is 1. The molecule has 0 radical (unpaired) electrons. The molecule has 2 aliphatic heterocycles. The average molecular weight is 1020 g/mol. The third kappa shape index (κ3) is 16.8. The first-order chi connectivity index (χ1) is 32.2. The second kappa shape index (κ2) is 23.0. The highest BCUT2D eigenvalue weighted by Crippen LogP contribution is 2.39. The van der Waals surface area contributed by atoms with Gasteiger partial charge in [0.2, 0.25) is 10.0 Å². The predicted octanol–water partition coefficient (Wildman–Crippen LogP) is 2.00. The first-order valence-electron chi connectivity index (χ1n) is 22.7. The van der Waals surface area contributed by atoms with Crippen molar-refractivity contribution in [1.82, 2.24) is 25.6 Å². The summed E-state index contributed by atoms with van der Waals surface area (Å²) in [5.74, 6) is -1.83. The molecule has 1 saturated heterocycles. The maximum atomic E-state index is 13.6. The Morgan fingerprint density at radius 1 is 0.900 bits per heavy atom. The van der Waals surface area contributed by atoms with E-state index in [4.69, 9.17) is 38.9 Å². The summed E-state index contributed by atoms with van der Waals surface area (Å²) in [4.78, 5) is 64.7. The Balaban J connectivity index is 1.76. The van der Waals surface area contributed by atoms with Crippen LogP contribution in [0, 0.1) is 16.0 Å². The quantitative estimate of drug-likeness (QED) is 0.0707. The summed E-state index contributed by atoms with van der Waals surface area (Å²) >= 11 is 0. The van der Waals surface area contributed by atoms with E-state index in [0.717, 1.165) is 4.90 Å². The molecule has 396 valence electrons. The number of aliphatic hydroxyl groups is 3. The summed E-state index contributed by atoms with van der Waals surface area (Å²) in [5.41, 5.74) is 1.10. The summed E-state index contributed by atoms with van der Waals surface area (Å²) in [5, 5.41) is 55.2. The van der Waals surface area contributed by atoms with Crippen LogP contribution in [0.1, 0.15) is 87.6 Å². The number of likely N-dealkylation sites (N-methyl/N-ethyl adjacent to an activating group) is 1. The fourth-order valence-corrected chi connectivity index (χ4v) is 9.30. The zero-order chi connectivity index (χ0) is 52.7. The van der Waals surface area contributed by atoms with E-state index in [1.165, 1.54) is 38.2 Å². The van der Waals surface area contributed by atoms with Gasteiger partial charge < -0.3 is 75.1 Å². The van der Waals surface area contributed by atoms with Crippen molar-refractivity contribution >= 4 is 40.1 Å². The molecule has 70 heavy (non-hydrogen) atoms. The molecular formula is C44H71N7O18S. The van der Waals surface area contributed by atoms with Crippen LogP contribution in [0.5, 0.6) is 0 Å². The van der Waals surface area contributed by atoms with Crippen LogP contribution in [-0.4, -0.2) is 168 Å². The van der Waals surface area contributed by atoms with Gasteiger partial charge in [-0.1, -0.05) is 0 Å². The molecule has 1 saturated carbocycles. The second-order valence-electron chi connectivity index (χ2n) is 20.6. The second-order valence-corrected chi connectivity index (χ2v) is 22.5. The van der Waals surface area contributed by atoms with Gasteiger partial charge in [-0.25, -0.2) is 32.3 Å². The lowest BCUT2D eigenvalue weighted by Crippen LogP contribution is -2.71. The molecule has 4 rings (SSSR count). The lowest BCUT2D eigenvalue weighted by molar-refractivity contribution is -0.384. The number of amides is 4. The first kappa shape index (κ1) is 57.5. The van der Waals surface area contributed by atoms with Gasteiger partial charge >= 0.3 is 24.4 Å². The van der Waals surface area contributed by atoms with Crippen LogP contribution in [0.4, 0.5) is 24.9 Å². The lowest BCUT2D eigenvalue weighted by atomic mass is 9.72. The van der Waals surface area contributed by atoms with Gasteiger partial charge in [0, 0.05) is 37.7 Å². The minimum Gasteiger partial charge on any atom is -0.491 e. The standard InChI is InChI=1S/C44H71N7O18S/c1-41(2,3)67-38(55)47-27-17-16-26(21-46-37(54)63-22-24-12-14-25(15-13-24)51(59)60)65-33(27)30-28(48-39(56)68-42(4,5)6)20-29(49-70(61,62)19-18-45)34(31(30)52)66-36-32(53)35(44(10,58)23-64-36)50(11)40(57)69-43(7,8)9/h12-16,27-36,49,52-53,58H,17-23,45H2,1-11H3,(H,46,54)(H,47,55)(H,48,56)/t27-,28+,29-,30-,31+,32-,33?,34+,35-,36-,44+/m1/s1.